The number of allylic oxidation sites excluding steroid dienone is 1. The lowest BCUT2D eigenvalue weighted by Crippen LogP contribution is -2.11. The molecule has 0 spiro atoms. The molecular weight excluding hydrogens is 643 g/mol. The van der Waals surface area contributed by atoms with Gasteiger partial charge in [0, 0.05) is 28.8 Å². The SMILES string of the molecule is CC1=CCc2c(cc3oc(C)cc(=O)c3c2O)OC1.COC(=O)c1c(C)c2c(c(C)c1O)OC(=O)c1c(C)c(Cl)c(O)c(Cl)c1O2. The molecule has 1 aromatic heterocycles. The predicted octanol–water partition coefficient (Wildman–Crippen LogP) is 7.13. The Labute approximate surface area is 272 Å². The van der Waals surface area contributed by atoms with Gasteiger partial charge in [-0.2, -0.15) is 0 Å². The summed E-state index contributed by atoms with van der Waals surface area (Å²) in [5, 5.41) is 30.6. The van der Waals surface area contributed by atoms with Gasteiger partial charge in [0.1, 0.15) is 56.7 Å². The molecule has 0 bridgehead atoms. The van der Waals surface area contributed by atoms with Crippen LogP contribution in [-0.4, -0.2) is 41.0 Å². The van der Waals surface area contributed by atoms with Gasteiger partial charge in [0.2, 0.25) is 0 Å². The van der Waals surface area contributed by atoms with Gasteiger partial charge in [-0.05, 0) is 52.2 Å². The normalized spacial score (nSPS) is 13.3. The highest BCUT2D eigenvalue weighted by atomic mass is 35.5. The van der Waals surface area contributed by atoms with Crippen molar-refractivity contribution in [3.05, 3.63) is 83.2 Å². The lowest BCUT2D eigenvalue weighted by atomic mass is 10.0. The van der Waals surface area contributed by atoms with Gasteiger partial charge in [0.25, 0.3) is 0 Å². The smallest absolute Gasteiger partial charge is 0.347 e. The van der Waals surface area contributed by atoms with Crippen LogP contribution >= 0.6 is 23.2 Å². The van der Waals surface area contributed by atoms with Crippen molar-refractivity contribution in [2.45, 2.75) is 41.0 Å². The Hall–Kier alpha value is -4.87. The first-order valence-corrected chi connectivity index (χ1v) is 14.6. The molecule has 0 fully saturated rings. The van der Waals surface area contributed by atoms with Crippen LogP contribution in [0.5, 0.6) is 40.2 Å². The van der Waals surface area contributed by atoms with Crippen LogP contribution < -0.4 is 19.6 Å². The highest BCUT2D eigenvalue weighted by molar-refractivity contribution is 6.39. The van der Waals surface area contributed by atoms with Gasteiger partial charge in [-0.25, -0.2) is 9.59 Å². The fraction of sp³-hybridized carbons (Fsp3) is 0.242. The van der Waals surface area contributed by atoms with Crippen molar-refractivity contribution in [3.63, 3.8) is 0 Å². The zero-order valence-corrected chi connectivity index (χ0v) is 27.0. The Morgan fingerprint density at radius 1 is 0.848 bits per heavy atom. The summed E-state index contributed by atoms with van der Waals surface area (Å²) in [6, 6.07) is 3.07. The van der Waals surface area contributed by atoms with E-state index >= 15 is 0 Å². The summed E-state index contributed by atoms with van der Waals surface area (Å²) in [5.74, 6) is -1.68. The number of phenolic OH excluding ortho intramolecular Hbond substituents is 3. The monoisotopic (exact) mass is 670 g/mol. The predicted molar refractivity (Wildman–Crippen MR) is 169 cm³/mol. The van der Waals surface area contributed by atoms with Crippen molar-refractivity contribution >= 4 is 46.1 Å². The molecule has 13 heteroatoms. The van der Waals surface area contributed by atoms with Gasteiger partial charge in [0.05, 0.1) is 12.1 Å². The molecule has 0 saturated heterocycles. The van der Waals surface area contributed by atoms with Crippen LogP contribution in [-0.2, 0) is 11.2 Å². The highest BCUT2D eigenvalue weighted by Gasteiger charge is 2.35. The second-order valence-electron chi connectivity index (χ2n) is 10.8. The van der Waals surface area contributed by atoms with Gasteiger partial charge in [-0.1, -0.05) is 29.3 Å². The zero-order valence-electron chi connectivity index (χ0n) is 25.5. The Bertz CT molecular complexity index is 2080. The summed E-state index contributed by atoms with van der Waals surface area (Å²) in [5.41, 5.74) is 2.13. The molecule has 2 aliphatic rings. The van der Waals surface area contributed by atoms with Crippen molar-refractivity contribution in [1.29, 1.82) is 0 Å². The molecule has 6 rings (SSSR count). The van der Waals surface area contributed by atoms with Gasteiger partial charge >= 0.3 is 11.9 Å². The van der Waals surface area contributed by atoms with Crippen LogP contribution in [0.15, 0.2) is 33.0 Å². The summed E-state index contributed by atoms with van der Waals surface area (Å²) in [4.78, 5) is 36.7. The minimum absolute atomic E-state index is 0.0131. The number of aromatic hydroxyl groups is 3. The van der Waals surface area contributed by atoms with E-state index in [2.05, 4.69) is 0 Å². The van der Waals surface area contributed by atoms with E-state index in [0.717, 1.165) is 5.57 Å². The number of halogens is 2. The molecule has 0 radical (unpaired) electrons. The molecule has 3 aromatic carbocycles. The van der Waals surface area contributed by atoms with E-state index in [-0.39, 0.29) is 71.7 Å². The number of phenols is 3. The van der Waals surface area contributed by atoms with Crippen molar-refractivity contribution in [2.24, 2.45) is 0 Å². The van der Waals surface area contributed by atoms with E-state index in [9.17, 15) is 29.7 Å². The number of methoxy groups -OCH3 is 1. The molecule has 0 aliphatic carbocycles. The third-order valence-electron chi connectivity index (χ3n) is 7.68. The number of hydrogen-bond acceptors (Lipinski definition) is 11. The van der Waals surface area contributed by atoms with Crippen LogP contribution in [0.1, 0.15) is 55.7 Å². The molecule has 46 heavy (non-hydrogen) atoms. The average molecular weight is 671 g/mol. The largest absolute Gasteiger partial charge is 0.507 e. The lowest BCUT2D eigenvalue weighted by molar-refractivity contribution is 0.0595. The molecular formula is C33H28Cl2O11. The Balaban J connectivity index is 0.000000192. The summed E-state index contributed by atoms with van der Waals surface area (Å²) in [6.07, 6.45) is 2.55. The molecule has 11 nitrogen and oxygen atoms in total. The molecule has 0 amide bonds. The zero-order chi connectivity index (χ0) is 33.8. The topological polar surface area (TPSA) is 162 Å². The molecule has 240 valence electrons. The molecule has 4 aromatic rings. The third-order valence-corrected chi connectivity index (χ3v) is 8.50. The molecule has 0 saturated carbocycles. The first-order valence-electron chi connectivity index (χ1n) is 13.8. The number of carbonyl (C=O) groups excluding carboxylic acids is 2. The lowest BCUT2D eigenvalue weighted by Gasteiger charge is -2.17. The van der Waals surface area contributed by atoms with Gasteiger partial charge < -0.3 is 38.7 Å². The van der Waals surface area contributed by atoms with Crippen molar-refractivity contribution in [3.8, 4) is 40.2 Å². The minimum atomic E-state index is -0.835. The number of fused-ring (bicyclic) bond motifs is 4. The summed E-state index contributed by atoms with van der Waals surface area (Å²) < 4.78 is 27.0. The van der Waals surface area contributed by atoms with Crippen molar-refractivity contribution in [2.75, 3.05) is 13.7 Å². The molecule has 2 aliphatic heterocycles. The number of carbonyl (C=O) groups is 2. The number of esters is 2. The van der Waals surface area contributed by atoms with Crippen LogP contribution in [0.4, 0.5) is 0 Å². The van der Waals surface area contributed by atoms with Crippen LogP contribution in [0.25, 0.3) is 11.0 Å². The quantitative estimate of drug-likeness (QED) is 0.107. The molecule has 0 atom stereocenters. The van der Waals surface area contributed by atoms with E-state index in [0.29, 0.717) is 35.7 Å². The first kappa shape index (κ1) is 32.5. The van der Waals surface area contributed by atoms with Crippen LogP contribution in [0, 0.1) is 27.7 Å². The second kappa shape index (κ2) is 12.1. The Kier molecular flexibility index (Phi) is 8.59. The van der Waals surface area contributed by atoms with E-state index in [4.69, 9.17) is 46.6 Å². The number of benzene rings is 3. The fourth-order valence-electron chi connectivity index (χ4n) is 5.18. The van der Waals surface area contributed by atoms with E-state index in [1.807, 2.05) is 13.0 Å². The summed E-state index contributed by atoms with van der Waals surface area (Å²) in [7, 11) is 1.17. The van der Waals surface area contributed by atoms with Crippen molar-refractivity contribution in [1.82, 2.24) is 0 Å². The van der Waals surface area contributed by atoms with E-state index < -0.39 is 23.4 Å². The molecule has 3 heterocycles. The van der Waals surface area contributed by atoms with Crippen molar-refractivity contribution < 1.29 is 48.3 Å². The van der Waals surface area contributed by atoms with Gasteiger partial charge in [-0.3, -0.25) is 4.79 Å². The van der Waals surface area contributed by atoms with E-state index in [1.54, 1.807) is 13.0 Å². The number of ether oxygens (including phenoxy) is 4. The maximum Gasteiger partial charge on any atom is 0.347 e. The highest BCUT2D eigenvalue weighted by Crippen LogP contribution is 2.52. The Morgan fingerprint density at radius 2 is 1.52 bits per heavy atom. The van der Waals surface area contributed by atoms with Gasteiger partial charge in [0.15, 0.2) is 28.4 Å². The maximum absolute atomic E-state index is 12.7. The summed E-state index contributed by atoms with van der Waals surface area (Å²) in [6.45, 7) is 8.58. The standard InChI is InChI=1S/C18H14Cl2O7.C15H14O4/c1-5-9-16(11(20)13(22)10(5)19)26-14-6(2)8(17(23)25-4)12(21)7(3)15(14)27-18(9)24;1-8-3-4-10-12(18-7-8)6-13-14(15(10)17)11(16)5-9(2)19-13/h21-22H,1-4H3;3,5-6,17H,4,7H2,1-2H3. The van der Waals surface area contributed by atoms with Crippen LogP contribution in [0.3, 0.4) is 0 Å². The first-order chi connectivity index (χ1) is 21.7. The molecule has 3 N–H and O–H groups in total. The summed E-state index contributed by atoms with van der Waals surface area (Å²) >= 11 is 12.2. The fourth-order valence-corrected chi connectivity index (χ4v) is 5.64. The second-order valence-corrected chi connectivity index (χ2v) is 11.5. The number of rotatable bonds is 1. The molecule has 0 unspecified atom stereocenters. The number of aryl methyl sites for hydroxylation is 1. The third kappa shape index (κ3) is 5.35. The Morgan fingerprint density at radius 3 is 2.20 bits per heavy atom. The maximum atomic E-state index is 12.7. The average Bonchev–Trinajstić information content (AvgIpc) is 3.29. The minimum Gasteiger partial charge on any atom is -0.507 e. The van der Waals surface area contributed by atoms with Crippen LogP contribution in [0.2, 0.25) is 10.0 Å². The van der Waals surface area contributed by atoms with Gasteiger partial charge in [-0.15, -0.1) is 0 Å². The number of hydrogen-bond donors (Lipinski definition) is 3. The van der Waals surface area contributed by atoms with E-state index in [1.165, 1.54) is 33.9 Å².